The molecule has 4 heteroatoms. The second-order valence-corrected chi connectivity index (χ2v) is 5.08. The van der Waals surface area contributed by atoms with E-state index in [1.165, 1.54) is 13.2 Å². The van der Waals surface area contributed by atoms with Crippen LogP contribution in [0.5, 0.6) is 5.75 Å². The molecular weight excluding hydrogens is 272 g/mol. The van der Waals surface area contributed by atoms with Crippen LogP contribution in [0.2, 0.25) is 0 Å². The molecule has 0 aromatic heterocycles. The van der Waals surface area contributed by atoms with Gasteiger partial charge in [0, 0.05) is 0 Å². The molecule has 21 heavy (non-hydrogen) atoms. The zero-order chi connectivity index (χ0) is 15.6. The number of nitrogens with one attached hydrogen (secondary N) is 1. The number of rotatable bonds is 4. The minimum absolute atomic E-state index is 0.155. The van der Waals surface area contributed by atoms with Crippen molar-refractivity contribution in [1.82, 2.24) is 5.32 Å². The monoisotopic (exact) mass is 291 g/mol. The smallest absolute Gasteiger partial charge is 0.165 e. The lowest BCUT2D eigenvalue weighted by molar-refractivity contribution is 0.385. The second kappa shape index (κ2) is 6.22. The van der Waals surface area contributed by atoms with Gasteiger partial charge >= 0.3 is 0 Å². The van der Waals surface area contributed by atoms with Crippen molar-refractivity contribution in [3.05, 3.63) is 64.2 Å². The fourth-order valence-corrected chi connectivity index (χ4v) is 2.53. The van der Waals surface area contributed by atoms with Gasteiger partial charge in [0.25, 0.3) is 0 Å². The molecule has 0 heterocycles. The lowest BCUT2D eigenvalue weighted by Crippen LogP contribution is -2.18. The number of methoxy groups -OCH3 is 1. The summed E-state index contributed by atoms with van der Waals surface area (Å²) in [6, 6.07) is 8.19. The summed E-state index contributed by atoms with van der Waals surface area (Å²) < 4.78 is 32.3. The Hall–Kier alpha value is -1.94. The molecule has 0 fully saturated rings. The van der Waals surface area contributed by atoms with Crippen molar-refractivity contribution in [3.63, 3.8) is 0 Å². The van der Waals surface area contributed by atoms with E-state index in [2.05, 4.69) is 5.32 Å². The van der Waals surface area contributed by atoms with Crippen LogP contribution in [0.4, 0.5) is 8.78 Å². The molecule has 2 nitrogen and oxygen atoms in total. The van der Waals surface area contributed by atoms with Crippen LogP contribution in [0.25, 0.3) is 0 Å². The number of aryl methyl sites for hydroxylation is 2. The molecule has 1 N–H and O–H groups in total. The third kappa shape index (κ3) is 3.05. The van der Waals surface area contributed by atoms with E-state index in [4.69, 9.17) is 4.74 Å². The highest BCUT2D eigenvalue weighted by Gasteiger charge is 2.16. The first-order chi connectivity index (χ1) is 9.97. The Kier molecular flexibility index (Phi) is 4.58. The van der Waals surface area contributed by atoms with Crippen LogP contribution in [0.1, 0.15) is 28.3 Å². The van der Waals surface area contributed by atoms with Crippen LogP contribution in [0, 0.1) is 25.5 Å². The molecule has 0 aliphatic carbocycles. The van der Waals surface area contributed by atoms with Gasteiger partial charge < -0.3 is 10.1 Å². The fraction of sp³-hybridized carbons (Fsp3) is 0.294. The molecule has 0 spiro atoms. The lowest BCUT2D eigenvalue weighted by Gasteiger charge is -2.19. The van der Waals surface area contributed by atoms with Crippen LogP contribution in [-0.2, 0) is 0 Å². The van der Waals surface area contributed by atoms with Gasteiger partial charge in [0.1, 0.15) is 5.82 Å². The van der Waals surface area contributed by atoms with Gasteiger partial charge in [0.15, 0.2) is 11.6 Å². The molecule has 0 bridgehead atoms. The largest absolute Gasteiger partial charge is 0.494 e. The number of halogens is 2. The minimum atomic E-state index is -0.400. The zero-order valence-corrected chi connectivity index (χ0v) is 12.6. The maximum atomic E-state index is 13.8. The Morgan fingerprint density at radius 1 is 1.00 bits per heavy atom. The van der Waals surface area contributed by atoms with Gasteiger partial charge in [-0.05, 0) is 55.3 Å². The Morgan fingerprint density at radius 3 is 2.14 bits per heavy atom. The topological polar surface area (TPSA) is 21.3 Å². The van der Waals surface area contributed by atoms with Crippen LogP contribution < -0.4 is 10.1 Å². The highest BCUT2D eigenvalue weighted by molar-refractivity contribution is 5.40. The van der Waals surface area contributed by atoms with Gasteiger partial charge in [-0.25, -0.2) is 8.78 Å². The van der Waals surface area contributed by atoms with E-state index in [9.17, 15) is 8.78 Å². The highest BCUT2D eigenvalue weighted by atomic mass is 19.1. The molecule has 0 saturated carbocycles. The van der Waals surface area contributed by atoms with E-state index < -0.39 is 5.82 Å². The molecule has 2 aromatic rings. The number of hydrogen-bond acceptors (Lipinski definition) is 2. The summed E-state index contributed by atoms with van der Waals surface area (Å²) in [5, 5.41) is 3.18. The molecule has 0 amide bonds. The van der Waals surface area contributed by atoms with Gasteiger partial charge in [-0.2, -0.15) is 0 Å². The number of hydrogen-bond donors (Lipinski definition) is 1. The van der Waals surface area contributed by atoms with Gasteiger partial charge in [0.05, 0.1) is 13.2 Å². The minimum Gasteiger partial charge on any atom is -0.494 e. The van der Waals surface area contributed by atoms with Crippen LogP contribution in [0.3, 0.4) is 0 Å². The average Bonchev–Trinajstić information content (AvgIpc) is 2.47. The summed E-state index contributed by atoms with van der Waals surface area (Å²) in [6.07, 6.45) is 0. The third-order valence-corrected chi connectivity index (χ3v) is 3.59. The van der Waals surface area contributed by atoms with Gasteiger partial charge in [-0.3, -0.25) is 0 Å². The summed E-state index contributed by atoms with van der Waals surface area (Å²) in [7, 11) is 3.25. The molecule has 112 valence electrons. The standard InChI is InChI=1S/C17H19F2NO/c1-10-7-13(8-11(2)16(10)19)17(20-3)12-5-6-14(18)15(9-12)21-4/h5-9,17,20H,1-4H3. The molecular formula is C17H19F2NO. The Morgan fingerprint density at radius 2 is 1.62 bits per heavy atom. The first-order valence-electron chi connectivity index (χ1n) is 6.75. The van der Waals surface area contributed by atoms with Crippen molar-refractivity contribution < 1.29 is 13.5 Å². The maximum Gasteiger partial charge on any atom is 0.165 e. The third-order valence-electron chi connectivity index (χ3n) is 3.59. The van der Waals surface area contributed by atoms with Crippen molar-refractivity contribution in [1.29, 1.82) is 0 Å². The van der Waals surface area contributed by atoms with Crippen molar-refractivity contribution in [2.75, 3.05) is 14.2 Å². The Balaban J connectivity index is 2.49. The van der Waals surface area contributed by atoms with Crippen LogP contribution in [-0.4, -0.2) is 14.2 Å². The summed E-state index contributed by atoms with van der Waals surface area (Å²) in [5.41, 5.74) is 2.99. The average molecular weight is 291 g/mol. The molecule has 0 aliphatic heterocycles. The quantitative estimate of drug-likeness (QED) is 0.922. The van der Waals surface area contributed by atoms with E-state index in [0.29, 0.717) is 11.1 Å². The summed E-state index contributed by atoms with van der Waals surface area (Å²) in [5.74, 6) is -0.392. The first kappa shape index (κ1) is 15.4. The molecule has 1 atom stereocenters. The van der Waals surface area contributed by atoms with Crippen LogP contribution in [0.15, 0.2) is 30.3 Å². The fourth-order valence-electron chi connectivity index (χ4n) is 2.53. The van der Waals surface area contributed by atoms with E-state index in [1.807, 2.05) is 7.05 Å². The van der Waals surface area contributed by atoms with Gasteiger partial charge in [0.2, 0.25) is 0 Å². The van der Waals surface area contributed by atoms with Crippen molar-refractivity contribution >= 4 is 0 Å². The highest BCUT2D eigenvalue weighted by Crippen LogP contribution is 2.28. The van der Waals surface area contributed by atoms with E-state index in [1.54, 1.807) is 38.1 Å². The SMILES string of the molecule is CNC(c1cc(C)c(F)c(C)c1)c1ccc(F)c(OC)c1. The normalized spacial score (nSPS) is 12.3. The zero-order valence-electron chi connectivity index (χ0n) is 12.6. The lowest BCUT2D eigenvalue weighted by atomic mass is 9.95. The molecule has 0 radical (unpaired) electrons. The summed E-state index contributed by atoms with van der Waals surface area (Å²) in [4.78, 5) is 0. The van der Waals surface area contributed by atoms with Crippen LogP contribution >= 0.6 is 0 Å². The summed E-state index contributed by atoms with van der Waals surface area (Å²) in [6.45, 7) is 3.48. The molecule has 2 rings (SSSR count). The van der Waals surface area contributed by atoms with Gasteiger partial charge in [-0.15, -0.1) is 0 Å². The number of benzene rings is 2. The van der Waals surface area contributed by atoms with E-state index in [0.717, 1.165) is 11.1 Å². The van der Waals surface area contributed by atoms with E-state index in [-0.39, 0.29) is 17.6 Å². The second-order valence-electron chi connectivity index (χ2n) is 5.08. The molecule has 2 aromatic carbocycles. The van der Waals surface area contributed by atoms with E-state index >= 15 is 0 Å². The Labute approximate surface area is 123 Å². The van der Waals surface area contributed by atoms with Gasteiger partial charge in [-0.1, -0.05) is 18.2 Å². The Bertz CT molecular complexity index is 632. The molecule has 1 unspecified atom stereocenters. The number of ether oxygens (including phenoxy) is 1. The predicted molar refractivity (Wildman–Crippen MR) is 79.7 cm³/mol. The van der Waals surface area contributed by atoms with Crippen molar-refractivity contribution in [2.45, 2.75) is 19.9 Å². The maximum absolute atomic E-state index is 13.8. The van der Waals surface area contributed by atoms with Crippen molar-refractivity contribution in [2.24, 2.45) is 0 Å². The first-order valence-corrected chi connectivity index (χ1v) is 6.75. The van der Waals surface area contributed by atoms with Crippen molar-refractivity contribution in [3.8, 4) is 5.75 Å². The molecule has 0 aliphatic rings. The molecule has 0 saturated heterocycles. The summed E-state index contributed by atoms with van der Waals surface area (Å²) >= 11 is 0. The predicted octanol–water partition coefficient (Wildman–Crippen LogP) is 3.90.